The summed E-state index contributed by atoms with van der Waals surface area (Å²) in [4.78, 5) is 0. The Balaban J connectivity index is 1.65. The van der Waals surface area contributed by atoms with Gasteiger partial charge in [0.2, 0.25) is 0 Å². The van der Waals surface area contributed by atoms with Gasteiger partial charge in [0.1, 0.15) is 0 Å². The summed E-state index contributed by atoms with van der Waals surface area (Å²) in [5.74, 6) is 0. The molecule has 1 aliphatic rings. The summed E-state index contributed by atoms with van der Waals surface area (Å²) in [5, 5.41) is 7.05. The predicted octanol–water partition coefficient (Wildman–Crippen LogP) is 5.38. The first-order valence-electron chi connectivity index (χ1n) is 8.60. The van der Waals surface area contributed by atoms with Crippen LogP contribution in [0.25, 0.3) is 6.08 Å². The fourth-order valence-electron chi connectivity index (χ4n) is 3.10. The number of nitrogens with zero attached hydrogens (tertiary/aromatic N) is 2. The predicted molar refractivity (Wildman–Crippen MR) is 106 cm³/mol. The van der Waals surface area contributed by atoms with Crippen molar-refractivity contribution >= 4 is 17.5 Å². The lowest BCUT2D eigenvalue weighted by Gasteiger charge is -2.20. The fraction of sp³-hybridized carbons (Fsp3) is 0.0870. The van der Waals surface area contributed by atoms with E-state index in [0.29, 0.717) is 0 Å². The van der Waals surface area contributed by atoms with E-state index in [0.717, 1.165) is 17.8 Å². The van der Waals surface area contributed by atoms with Gasteiger partial charge in [-0.3, -0.25) is 5.01 Å². The molecule has 2 nitrogen and oxygen atoms in total. The third-order valence-corrected chi connectivity index (χ3v) is 4.38. The van der Waals surface area contributed by atoms with Crippen LogP contribution in [0, 0.1) is 0 Å². The molecule has 4 rings (SSSR count). The molecule has 1 unspecified atom stereocenters. The Morgan fingerprint density at radius 1 is 0.760 bits per heavy atom. The highest BCUT2D eigenvalue weighted by Crippen LogP contribution is 2.27. The van der Waals surface area contributed by atoms with Crippen LogP contribution in [0.3, 0.4) is 0 Å². The Morgan fingerprint density at radius 3 is 2.04 bits per heavy atom. The maximum Gasteiger partial charge on any atom is 0.0765 e. The first-order chi connectivity index (χ1) is 12.4. The van der Waals surface area contributed by atoms with E-state index in [9.17, 15) is 0 Å². The number of benzene rings is 3. The van der Waals surface area contributed by atoms with Gasteiger partial charge in [-0.2, -0.15) is 5.10 Å². The van der Waals surface area contributed by atoms with E-state index in [1.165, 1.54) is 11.1 Å². The second-order valence-corrected chi connectivity index (χ2v) is 6.13. The van der Waals surface area contributed by atoms with Gasteiger partial charge in [-0.25, -0.2) is 0 Å². The molecule has 0 spiro atoms. The highest BCUT2D eigenvalue weighted by molar-refractivity contribution is 6.03. The largest absolute Gasteiger partial charge is 0.258 e. The van der Waals surface area contributed by atoms with E-state index in [1.807, 2.05) is 18.2 Å². The van der Waals surface area contributed by atoms with Gasteiger partial charge in [-0.1, -0.05) is 91.0 Å². The summed E-state index contributed by atoms with van der Waals surface area (Å²) in [6.45, 7) is 0. The molecule has 0 saturated heterocycles. The topological polar surface area (TPSA) is 15.6 Å². The number of anilines is 1. The molecule has 0 amide bonds. The zero-order valence-electron chi connectivity index (χ0n) is 14.0. The first kappa shape index (κ1) is 15.4. The van der Waals surface area contributed by atoms with Crippen molar-refractivity contribution in [3.05, 3.63) is 108 Å². The van der Waals surface area contributed by atoms with Crippen LogP contribution in [0.2, 0.25) is 0 Å². The van der Waals surface area contributed by atoms with Crippen molar-refractivity contribution in [3.8, 4) is 0 Å². The summed E-state index contributed by atoms with van der Waals surface area (Å²) >= 11 is 0. The normalized spacial score (nSPS) is 17.0. The van der Waals surface area contributed by atoms with Crippen LogP contribution >= 0.6 is 0 Å². The van der Waals surface area contributed by atoms with E-state index in [-0.39, 0.29) is 6.04 Å². The molecular weight excluding hydrogens is 304 g/mol. The highest BCUT2D eigenvalue weighted by Gasteiger charge is 2.26. The average molecular weight is 324 g/mol. The Bertz CT molecular complexity index is 868. The third kappa shape index (κ3) is 3.53. The van der Waals surface area contributed by atoms with Gasteiger partial charge in [0.25, 0.3) is 0 Å². The van der Waals surface area contributed by atoms with Gasteiger partial charge < -0.3 is 0 Å². The lowest BCUT2D eigenvalue weighted by molar-refractivity contribution is 0.791. The minimum absolute atomic E-state index is 0.220. The van der Waals surface area contributed by atoms with Crippen molar-refractivity contribution in [1.29, 1.82) is 0 Å². The monoisotopic (exact) mass is 324 g/mol. The minimum Gasteiger partial charge on any atom is -0.258 e. The van der Waals surface area contributed by atoms with Gasteiger partial charge in [0, 0.05) is 6.42 Å². The zero-order chi connectivity index (χ0) is 16.9. The first-order valence-corrected chi connectivity index (χ1v) is 8.60. The molecule has 0 radical (unpaired) electrons. The summed E-state index contributed by atoms with van der Waals surface area (Å²) in [5.41, 5.74) is 4.66. The van der Waals surface area contributed by atoms with E-state index >= 15 is 0 Å². The molecule has 1 heterocycles. The molecule has 0 aliphatic carbocycles. The Kier molecular flexibility index (Phi) is 4.42. The number of hydrazone groups is 1. The second kappa shape index (κ2) is 7.18. The molecule has 3 aromatic carbocycles. The number of hydrogen-bond donors (Lipinski definition) is 0. The Hall–Kier alpha value is -3.13. The van der Waals surface area contributed by atoms with Gasteiger partial charge >= 0.3 is 0 Å². The van der Waals surface area contributed by atoms with Crippen LogP contribution in [-0.2, 0) is 0 Å². The molecule has 3 aromatic rings. The SMILES string of the molecule is C(=CC1CC(c2ccccc2)=NN1c1ccccc1)c1ccccc1. The van der Waals surface area contributed by atoms with Crippen molar-refractivity contribution in [2.24, 2.45) is 5.10 Å². The van der Waals surface area contributed by atoms with Gasteiger partial charge in [-0.15, -0.1) is 0 Å². The summed E-state index contributed by atoms with van der Waals surface area (Å²) in [6, 6.07) is 31.5. The van der Waals surface area contributed by atoms with Gasteiger partial charge in [0.05, 0.1) is 17.4 Å². The fourth-order valence-corrected chi connectivity index (χ4v) is 3.10. The molecule has 0 saturated carbocycles. The van der Waals surface area contributed by atoms with E-state index < -0.39 is 0 Å². The van der Waals surface area contributed by atoms with Crippen LogP contribution < -0.4 is 5.01 Å². The number of hydrogen-bond acceptors (Lipinski definition) is 2. The molecule has 0 bridgehead atoms. The highest BCUT2D eigenvalue weighted by atomic mass is 15.5. The van der Waals surface area contributed by atoms with Gasteiger partial charge in [0.15, 0.2) is 0 Å². The van der Waals surface area contributed by atoms with Gasteiger partial charge in [-0.05, 0) is 23.3 Å². The average Bonchev–Trinajstić information content (AvgIpc) is 3.13. The molecule has 0 aromatic heterocycles. The molecule has 2 heteroatoms. The second-order valence-electron chi connectivity index (χ2n) is 6.13. The van der Waals surface area contributed by atoms with Crippen molar-refractivity contribution in [1.82, 2.24) is 0 Å². The lowest BCUT2D eigenvalue weighted by atomic mass is 10.0. The minimum atomic E-state index is 0.220. The Morgan fingerprint density at radius 2 is 1.36 bits per heavy atom. The number of rotatable bonds is 4. The van der Waals surface area contributed by atoms with Crippen LogP contribution in [0.5, 0.6) is 0 Å². The van der Waals surface area contributed by atoms with Crippen LogP contribution in [0.15, 0.2) is 102 Å². The summed E-state index contributed by atoms with van der Waals surface area (Å²) in [6.07, 6.45) is 5.34. The number of para-hydroxylation sites is 1. The van der Waals surface area contributed by atoms with Crippen LogP contribution in [0.4, 0.5) is 5.69 Å². The zero-order valence-corrected chi connectivity index (χ0v) is 14.0. The molecule has 1 atom stereocenters. The quantitative estimate of drug-likeness (QED) is 0.629. The molecule has 25 heavy (non-hydrogen) atoms. The standard InChI is InChI=1S/C23H20N2/c1-4-10-19(11-5-1)16-17-22-18-23(20-12-6-2-7-13-20)24-25(22)21-14-8-3-9-15-21/h1-17,22H,18H2. The van der Waals surface area contributed by atoms with Crippen molar-refractivity contribution in [3.63, 3.8) is 0 Å². The van der Waals surface area contributed by atoms with E-state index in [1.54, 1.807) is 0 Å². The van der Waals surface area contributed by atoms with Crippen LogP contribution in [0.1, 0.15) is 17.5 Å². The maximum atomic E-state index is 4.92. The van der Waals surface area contributed by atoms with E-state index in [2.05, 4.69) is 90.0 Å². The van der Waals surface area contributed by atoms with E-state index in [4.69, 9.17) is 5.10 Å². The van der Waals surface area contributed by atoms with Crippen LogP contribution in [-0.4, -0.2) is 11.8 Å². The van der Waals surface area contributed by atoms with Crippen molar-refractivity contribution in [2.75, 3.05) is 5.01 Å². The maximum absolute atomic E-state index is 4.92. The molecule has 0 N–H and O–H groups in total. The Labute approximate surface area is 148 Å². The van der Waals surface area contributed by atoms with Crippen molar-refractivity contribution < 1.29 is 0 Å². The molecule has 122 valence electrons. The summed E-state index contributed by atoms with van der Waals surface area (Å²) in [7, 11) is 0. The summed E-state index contributed by atoms with van der Waals surface area (Å²) < 4.78 is 0. The van der Waals surface area contributed by atoms with Crippen molar-refractivity contribution in [2.45, 2.75) is 12.5 Å². The molecule has 0 fully saturated rings. The third-order valence-electron chi connectivity index (χ3n) is 4.38. The lowest BCUT2D eigenvalue weighted by Crippen LogP contribution is -2.23. The molecule has 1 aliphatic heterocycles. The smallest absolute Gasteiger partial charge is 0.0765 e. The molecular formula is C23H20N2.